The number of methoxy groups -OCH3 is 1. The van der Waals surface area contributed by atoms with Gasteiger partial charge in [0.2, 0.25) is 0 Å². The topological polar surface area (TPSA) is 86.9 Å². The molecule has 0 aliphatic rings. The first-order chi connectivity index (χ1) is 13.6. The van der Waals surface area contributed by atoms with Crippen LogP contribution in [0.1, 0.15) is 39.6 Å². The van der Waals surface area contributed by atoms with Gasteiger partial charge in [-0.25, -0.2) is 9.31 Å². The Morgan fingerprint density at radius 3 is 2.45 bits per heavy atom. The fourth-order valence-electron chi connectivity index (χ4n) is 2.86. The molecule has 0 radical (unpaired) electrons. The number of nitrogens with zero attached hydrogens (tertiary/aromatic N) is 3. The highest BCUT2D eigenvalue weighted by atomic mass is 35.5. The zero-order chi connectivity index (χ0) is 21.3. The Hall–Kier alpha value is -3.00. The van der Waals surface area contributed by atoms with Crippen LogP contribution in [0.5, 0.6) is 5.75 Å². The maximum absolute atomic E-state index is 13.2. The summed E-state index contributed by atoms with van der Waals surface area (Å²) in [6.07, 6.45) is 0.993. The van der Waals surface area contributed by atoms with E-state index in [4.69, 9.17) is 21.1 Å². The second-order valence-corrected chi connectivity index (χ2v) is 7.93. The summed E-state index contributed by atoms with van der Waals surface area (Å²) in [5, 5.41) is 7.54. The van der Waals surface area contributed by atoms with E-state index in [0.717, 1.165) is 0 Å². The minimum absolute atomic E-state index is 0.246. The van der Waals surface area contributed by atoms with Crippen molar-refractivity contribution in [2.75, 3.05) is 7.11 Å². The molecular weight excluding hydrogens is 396 g/mol. The third-order valence-electron chi connectivity index (χ3n) is 4.11. The van der Waals surface area contributed by atoms with E-state index in [9.17, 15) is 9.59 Å². The molecule has 0 aliphatic carbocycles. The number of nitrogens with one attached hydrogen (secondary N) is 1. The van der Waals surface area contributed by atoms with Gasteiger partial charge in [0.1, 0.15) is 16.9 Å². The van der Waals surface area contributed by atoms with Crippen LogP contribution < -0.4 is 15.6 Å². The number of ether oxygens (including phenoxy) is 2. The molecule has 0 spiro atoms. The smallest absolute Gasteiger partial charge is 0.408 e. The average Bonchev–Trinajstić information content (AvgIpc) is 3.01. The minimum Gasteiger partial charge on any atom is -0.497 e. The van der Waals surface area contributed by atoms with Crippen molar-refractivity contribution in [3.8, 4) is 11.4 Å². The Morgan fingerprint density at radius 1 is 1.21 bits per heavy atom. The van der Waals surface area contributed by atoms with Crippen LogP contribution in [0, 0.1) is 0 Å². The third-order valence-corrected chi connectivity index (χ3v) is 4.42. The number of rotatable bonds is 4. The molecule has 3 rings (SSSR count). The van der Waals surface area contributed by atoms with Gasteiger partial charge in [0, 0.05) is 6.20 Å². The molecule has 0 aliphatic heterocycles. The Balaban J connectivity index is 2.12. The molecule has 1 N–H and O–H groups in total. The summed E-state index contributed by atoms with van der Waals surface area (Å²) in [5.41, 5.74) is -0.190. The van der Waals surface area contributed by atoms with Crippen molar-refractivity contribution < 1.29 is 14.3 Å². The molecule has 0 bridgehead atoms. The van der Waals surface area contributed by atoms with Crippen molar-refractivity contribution in [1.82, 2.24) is 19.5 Å². The predicted octanol–water partition coefficient (Wildman–Crippen LogP) is 3.73. The molecule has 0 fully saturated rings. The van der Waals surface area contributed by atoms with E-state index < -0.39 is 17.7 Å². The van der Waals surface area contributed by atoms with Crippen molar-refractivity contribution in [2.24, 2.45) is 0 Å². The molecule has 9 heteroatoms. The van der Waals surface area contributed by atoms with Crippen molar-refractivity contribution in [1.29, 1.82) is 0 Å². The summed E-state index contributed by atoms with van der Waals surface area (Å²) in [6.45, 7) is 7.05. The zero-order valence-electron chi connectivity index (χ0n) is 16.9. The van der Waals surface area contributed by atoms with Gasteiger partial charge in [-0.2, -0.15) is 5.10 Å². The van der Waals surface area contributed by atoms with Crippen LogP contribution in [0.2, 0.25) is 5.02 Å². The van der Waals surface area contributed by atoms with Gasteiger partial charge in [0.15, 0.2) is 5.82 Å². The molecule has 2 heterocycles. The molecule has 2 aromatic heterocycles. The van der Waals surface area contributed by atoms with Gasteiger partial charge in [-0.15, -0.1) is 0 Å². The van der Waals surface area contributed by atoms with Crippen LogP contribution in [0.25, 0.3) is 11.2 Å². The Morgan fingerprint density at radius 2 is 1.86 bits per heavy atom. The van der Waals surface area contributed by atoms with Crippen molar-refractivity contribution in [3.05, 3.63) is 57.7 Å². The van der Waals surface area contributed by atoms with Crippen LogP contribution in [0.15, 0.2) is 41.3 Å². The van der Waals surface area contributed by atoms with E-state index in [1.807, 2.05) is 0 Å². The number of hydrogen-bond donors (Lipinski definition) is 1. The molecule has 0 saturated heterocycles. The number of aromatic nitrogens is 3. The number of hydrogen-bond acceptors (Lipinski definition) is 5. The molecule has 0 saturated carbocycles. The van der Waals surface area contributed by atoms with Crippen molar-refractivity contribution >= 4 is 23.2 Å². The maximum Gasteiger partial charge on any atom is 0.408 e. The lowest BCUT2D eigenvalue weighted by atomic mass is 10.2. The molecule has 1 atom stereocenters. The van der Waals surface area contributed by atoms with Gasteiger partial charge >= 0.3 is 6.09 Å². The van der Waals surface area contributed by atoms with Gasteiger partial charge < -0.3 is 14.8 Å². The number of amides is 1. The van der Waals surface area contributed by atoms with Crippen LogP contribution in [0.3, 0.4) is 0 Å². The first-order valence-electron chi connectivity index (χ1n) is 9.04. The highest BCUT2D eigenvalue weighted by Gasteiger charge is 2.23. The minimum atomic E-state index is -0.648. The second kappa shape index (κ2) is 7.79. The number of fused-ring (bicyclic) bond motifs is 1. The van der Waals surface area contributed by atoms with Crippen LogP contribution >= 0.6 is 11.6 Å². The normalized spacial score (nSPS) is 12.6. The number of carbonyl (C=O) groups is 1. The summed E-state index contributed by atoms with van der Waals surface area (Å²) in [4.78, 5) is 25.5. The monoisotopic (exact) mass is 418 g/mol. The molecule has 1 aromatic carbocycles. The van der Waals surface area contributed by atoms with Crippen molar-refractivity contribution in [2.45, 2.75) is 39.3 Å². The molecule has 8 nitrogen and oxygen atoms in total. The molecule has 29 heavy (non-hydrogen) atoms. The lowest BCUT2D eigenvalue weighted by molar-refractivity contribution is 0.0505. The largest absolute Gasteiger partial charge is 0.497 e. The number of carbonyl (C=O) groups excluding carboxylic acids is 1. The van der Waals surface area contributed by atoms with Gasteiger partial charge in [-0.05, 0) is 58.0 Å². The average molecular weight is 419 g/mol. The molecule has 1 amide bonds. The van der Waals surface area contributed by atoms with E-state index >= 15 is 0 Å². The van der Waals surface area contributed by atoms with Gasteiger partial charge in [0.25, 0.3) is 5.56 Å². The lowest BCUT2D eigenvalue weighted by Crippen LogP contribution is -2.37. The SMILES string of the molecule is COc1ccc(-n2c(C(C)NC(=O)OC(C)(C)C)nn3ccc(Cl)c3c2=O)cc1. The van der Waals surface area contributed by atoms with Crippen molar-refractivity contribution in [3.63, 3.8) is 0 Å². The molecule has 154 valence electrons. The van der Waals surface area contributed by atoms with Gasteiger partial charge in [-0.3, -0.25) is 9.36 Å². The predicted molar refractivity (Wildman–Crippen MR) is 110 cm³/mol. The molecule has 1 unspecified atom stereocenters. The Labute approximate surface area is 173 Å². The fourth-order valence-corrected chi connectivity index (χ4v) is 3.08. The van der Waals surface area contributed by atoms with Crippen LogP contribution in [0.4, 0.5) is 4.79 Å². The standard InChI is InChI=1S/C20H23ClN4O4/c1-12(22-19(27)29-20(2,3)4)17-23-24-11-10-15(21)16(24)18(26)25(17)13-6-8-14(28-5)9-7-13/h6-12H,1-5H3,(H,22,27). The number of alkyl carbamates (subject to hydrolysis) is 1. The zero-order valence-corrected chi connectivity index (χ0v) is 17.6. The van der Waals surface area contributed by atoms with E-state index in [-0.39, 0.29) is 11.1 Å². The maximum atomic E-state index is 13.2. The summed E-state index contributed by atoms with van der Waals surface area (Å²) in [5.74, 6) is 0.976. The third kappa shape index (κ3) is 4.37. The Bertz CT molecular complexity index is 1100. The van der Waals surface area contributed by atoms with Gasteiger partial charge in [0.05, 0.1) is 23.9 Å². The van der Waals surface area contributed by atoms with E-state index in [1.165, 1.54) is 9.08 Å². The van der Waals surface area contributed by atoms with Crippen LogP contribution in [-0.4, -0.2) is 33.0 Å². The van der Waals surface area contributed by atoms with E-state index in [2.05, 4.69) is 10.4 Å². The van der Waals surface area contributed by atoms with Gasteiger partial charge in [-0.1, -0.05) is 11.6 Å². The quantitative estimate of drug-likeness (QED) is 0.697. The summed E-state index contributed by atoms with van der Waals surface area (Å²) in [6, 6.07) is 7.92. The number of halogens is 1. The summed E-state index contributed by atoms with van der Waals surface area (Å²) >= 11 is 6.19. The fraction of sp³-hybridized carbons (Fsp3) is 0.350. The van der Waals surface area contributed by atoms with E-state index in [1.54, 1.807) is 71.3 Å². The van der Waals surface area contributed by atoms with Crippen LogP contribution in [-0.2, 0) is 4.74 Å². The highest BCUT2D eigenvalue weighted by molar-refractivity contribution is 6.33. The second-order valence-electron chi connectivity index (χ2n) is 7.52. The highest BCUT2D eigenvalue weighted by Crippen LogP contribution is 2.21. The molecular formula is C20H23ClN4O4. The first-order valence-corrected chi connectivity index (χ1v) is 9.42. The summed E-state index contributed by atoms with van der Waals surface area (Å²) < 4.78 is 13.3. The number of benzene rings is 1. The lowest BCUT2D eigenvalue weighted by Gasteiger charge is -2.23. The molecule has 3 aromatic rings. The Kier molecular flexibility index (Phi) is 5.57. The summed E-state index contributed by atoms with van der Waals surface area (Å²) in [7, 11) is 1.56. The first kappa shape index (κ1) is 20.7. The van der Waals surface area contributed by atoms with E-state index in [0.29, 0.717) is 22.3 Å².